The van der Waals surface area contributed by atoms with Crippen LogP contribution in [-0.4, -0.2) is 18.0 Å². The number of rotatable bonds is 3. The first-order valence-corrected chi connectivity index (χ1v) is 7.37. The number of hydroxylamine groups is 1. The first-order chi connectivity index (χ1) is 10.2. The lowest BCUT2D eigenvalue weighted by Crippen LogP contribution is -2.22. The molecule has 0 unspecified atom stereocenters. The highest BCUT2D eigenvalue weighted by Gasteiger charge is 2.14. The number of fused-ring (bicyclic) bond motifs is 1. The fourth-order valence-corrected chi connectivity index (χ4v) is 3.09. The normalized spacial score (nSPS) is 10.8. The Hall–Kier alpha value is -1.95. The minimum Gasteiger partial charge on any atom is -0.277 e. The molecule has 0 aliphatic rings. The van der Waals surface area contributed by atoms with Gasteiger partial charge in [0, 0.05) is 5.39 Å². The van der Waals surface area contributed by atoms with E-state index in [1.807, 2.05) is 36.4 Å². The molecule has 0 spiro atoms. The summed E-state index contributed by atoms with van der Waals surface area (Å²) in [6.07, 6.45) is 0. The van der Waals surface area contributed by atoms with Gasteiger partial charge in [0.25, 0.3) is 5.91 Å². The van der Waals surface area contributed by atoms with Gasteiger partial charge in [-0.1, -0.05) is 29.8 Å². The van der Waals surface area contributed by atoms with Crippen LogP contribution in [0, 0.1) is 0 Å². The second-order valence-corrected chi connectivity index (χ2v) is 6.03. The maximum atomic E-state index is 12.2. The summed E-state index contributed by atoms with van der Waals surface area (Å²) in [7, 11) is 1.40. The van der Waals surface area contributed by atoms with Gasteiger partial charge in [-0.25, -0.2) is 10.5 Å². The molecule has 2 heterocycles. The van der Waals surface area contributed by atoms with Crippen LogP contribution in [0.5, 0.6) is 0 Å². The third kappa shape index (κ3) is 2.76. The van der Waals surface area contributed by atoms with Gasteiger partial charge < -0.3 is 0 Å². The van der Waals surface area contributed by atoms with Gasteiger partial charge in [-0.05, 0) is 24.3 Å². The van der Waals surface area contributed by atoms with Gasteiger partial charge in [0.2, 0.25) is 0 Å². The van der Waals surface area contributed by atoms with Gasteiger partial charge in [0.1, 0.15) is 0 Å². The molecule has 0 radical (unpaired) electrons. The number of aromatic nitrogens is 1. The van der Waals surface area contributed by atoms with Crippen LogP contribution in [-0.2, 0) is 4.84 Å². The van der Waals surface area contributed by atoms with Crippen molar-refractivity contribution < 1.29 is 9.63 Å². The lowest BCUT2D eigenvalue weighted by Gasteiger charge is -2.08. The van der Waals surface area contributed by atoms with Crippen molar-refractivity contribution in [2.24, 2.45) is 0 Å². The van der Waals surface area contributed by atoms with Crippen molar-refractivity contribution >= 4 is 39.7 Å². The zero-order chi connectivity index (χ0) is 14.8. The Bertz CT molecular complexity index is 816. The highest BCUT2D eigenvalue weighted by Crippen LogP contribution is 2.32. The average molecular weight is 319 g/mol. The molecular weight excluding hydrogens is 308 g/mol. The second-order valence-electron chi connectivity index (χ2n) is 4.31. The number of hydrogen-bond donors (Lipinski definition) is 1. The van der Waals surface area contributed by atoms with E-state index in [1.165, 1.54) is 18.4 Å². The van der Waals surface area contributed by atoms with Gasteiger partial charge in [0.15, 0.2) is 0 Å². The van der Waals surface area contributed by atoms with Crippen LogP contribution >= 0.6 is 22.9 Å². The molecule has 4 nitrogen and oxygen atoms in total. The summed E-state index contributed by atoms with van der Waals surface area (Å²) in [5, 5.41) is 0.776. The van der Waals surface area contributed by atoms with Crippen molar-refractivity contribution in [1.29, 1.82) is 0 Å². The predicted octanol–water partition coefficient (Wildman–Crippen LogP) is 3.91. The maximum Gasteiger partial charge on any atom is 0.275 e. The van der Waals surface area contributed by atoms with Crippen LogP contribution in [0.15, 0.2) is 42.5 Å². The molecule has 1 amide bonds. The fourth-order valence-electron chi connectivity index (χ4n) is 2.09. The summed E-state index contributed by atoms with van der Waals surface area (Å²) in [5.41, 5.74) is 4.33. The molecule has 0 atom stereocenters. The molecule has 1 aromatic carbocycles. The molecule has 0 aliphatic heterocycles. The summed E-state index contributed by atoms with van der Waals surface area (Å²) in [6, 6.07) is 12.9. The Morgan fingerprint density at radius 3 is 2.81 bits per heavy atom. The van der Waals surface area contributed by atoms with Crippen LogP contribution in [0.3, 0.4) is 0 Å². The van der Waals surface area contributed by atoms with E-state index in [4.69, 9.17) is 16.4 Å². The quantitative estimate of drug-likeness (QED) is 0.745. The Kier molecular flexibility index (Phi) is 3.88. The molecule has 3 aromatic rings. The first kappa shape index (κ1) is 14.0. The van der Waals surface area contributed by atoms with Crippen molar-refractivity contribution in [3.8, 4) is 10.6 Å². The SMILES string of the molecule is CONC(=O)c1cc(-c2ccc(Cl)s2)nc2ccccc12. The highest BCUT2D eigenvalue weighted by molar-refractivity contribution is 7.19. The number of nitrogens with zero attached hydrogens (tertiary/aromatic N) is 1. The number of hydrogen-bond acceptors (Lipinski definition) is 4. The topological polar surface area (TPSA) is 51.2 Å². The maximum absolute atomic E-state index is 12.2. The number of thiophene rings is 1. The highest BCUT2D eigenvalue weighted by atomic mass is 35.5. The standard InChI is InChI=1S/C15H11ClN2O2S/c1-20-18-15(19)10-8-12(13-6-7-14(16)21-13)17-11-5-3-2-4-9(10)11/h2-8H,1H3,(H,18,19). The van der Waals surface area contributed by atoms with E-state index in [-0.39, 0.29) is 5.91 Å². The number of pyridine rings is 1. The van der Waals surface area contributed by atoms with Crippen molar-refractivity contribution in [1.82, 2.24) is 10.5 Å². The molecule has 1 N–H and O–H groups in total. The molecule has 3 rings (SSSR count). The molecule has 0 aliphatic carbocycles. The summed E-state index contributed by atoms with van der Waals surface area (Å²) < 4.78 is 0.683. The van der Waals surface area contributed by atoms with E-state index in [1.54, 1.807) is 6.07 Å². The second kappa shape index (κ2) is 5.81. The van der Waals surface area contributed by atoms with Crippen LogP contribution in [0.25, 0.3) is 21.5 Å². The zero-order valence-electron chi connectivity index (χ0n) is 11.1. The van der Waals surface area contributed by atoms with E-state index in [0.717, 1.165) is 15.8 Å². The third-order valence-corrected chi connectivity index (χ3v) is 4.23. The number of para-hydroxylation sites is 1. The molecule has 0 saturated heterocycles. The van der Waals surface area contributed by atoms with E-state index in [2.05, 4.69) is 10.5 Å². The number of amides is 1. The Balaban J connectivity index is 2.21. The van der Waals surface area contributed by atoms with Gasteiger partial charge in [-0.3, -0.25) is 9.63 Å². The number of nitrogens with one attached hydrogen (secondary N) is 1. The monoisotopic (exact) mass is 318 g/mol. The van der Waals surface area contributed by atoms with Crippen molar-refractivity contribution in [2.45, 2.75) is 0 Å². The van der Waals surface area contributed by atoms with E-state index >= 15 is 0 Å². The molecule has 6 heteroatoms. The lowest BCUT2D eigenvalue weighted by atomic mass is 10.1. The molecule has 0 saturated carbocycles. The van der Waals surface area contributed by atoms with Gasteiger partial charge >= 0.3 is 0 Å². The molecule has 21 heavy (non-hydrogen) atoms. The third-order valence-electron chi connectivity index (χ3n) is 2.98. The van der Waals surface area contributed by atoms with Crippen LogP contribution in [0.2, 0.25) is 4.34 Å². The zero-order valence-corrected chi connectivity index (χ0v) is 12.7. The largest absolute Gasteiger partial charge is 0.277 e. The first-order valence-electron chi connectivity index (χ1n) is 6.18. The van der Waals surface area contributed by atoms with E-state index < -0.39 is 0 Å². The van der Waals surface area contributed by atoms with Gasteiger partial charge in [-0.2, -0.15) is 0 Å². The molecule has 2 aromatic heterocycles. The predicted molar refractivity (Wildman–Crippen MR) is 84.5 cm³/mol. The van der Waals surface area contributed by atoms with Crippen LogP contribution < -0.4 is 5.48 Å². The van der Waals surface area contributed by atoms with Crippen molar-refractivity contribution in [3.63, 3.8) is 0 Å². The van der Waals surface area contributed by atoms with E-state index in [0.29, 0.717) is 15.6 Å². The summed E-state index contributed by atoms with van der Waals surface area (Å²) in [4.78, 5) is 22.4. The fraction of sp³-hybridized carbons (Fsp3) is 0.0667. The Morgan fingerprint density at radius 1 is 1.29 bits per heavy atom. The van der Waals surface area contributed by atoms with Crippen LogP contribution in [0.1, 0.15) is 10.4 Å². The number of benzene rings is 1. The van der Waals surface area contributed by atoms with Gasteiger partial charge in [-0.15, -0.1) is 11.3 Å². The molecule has 0 fully saturated rings. The van der Waals surface area contributed by atoms with Crippen molar-refractivity contribution in [2.75, 3.05) is 7.11 Å². The van der Waals surface area contributed by atoms with Crippen molar-refractivity contribution in [3.05, 3.63) is 52.4 Å². The number of carbonyl (C=O) groups is 1. The minimum atomic E-state index is -0.306. The van der Waals surface area contributed by atoms with E-state index in [9.17, 15) is 4.79 Å². The lowest BCUT2D eigenvalue weighted by molar-refractivity contribution is 0.0539. The minimum absolute atomic E-state index is 0.306. The molecular formula is C15H11ClN2O2S. The van der Waals surface area contributed by atoms with Crippen LogP contribution in [0.4, 0.5) is 0 Å². The Labute approximate surface area is 130 Å². The molecule has 106 valence electrons. The van der Waals surface area contributed by atoms with Gasteiger partial charge in [0.05, 0.1) is 33.1 Å². The molecule has 0 bridgehead atoms. The smallest absolute Gasteiger partial charge is 0.275 e. The summed E-state index contributed by atoms with van der Waals surface area (Å²) in [6.45, 7) is 0. The number of halogens is 1. The Morgan fingerprint density at radius 2 is 2.10 bits per heavy atom. The average Bonchev–Trinajstić information content (AvgIpc) is 2.93. The summed E-state index contributed by atoms with van der Waals surface area (Å²) in [5.74, 6) is -0.306. The number of carbonyl (C=O) groups excluding carboxylic acids is 1. The summed E-state index contributed by atoms with van der Waals surface area (Å²) >= 11 is 7.40.